The molecule has 0 bridgehead atoms. The molecule has 0 spiro atoms. The number of rotatable bonds is 4. The molecule has 4 heteroatoms. The summed E-state index contributed by atoms with van der Waals surface area (Å²) >= 11 is 0. The molecule has 1 aromatic rings. The Labute approximate surface area is 170 Å². The van der Waals surface area contributed by atoms with Crippen LogP contribution in [0.15, 0.2) is 18.2 Å². The molecule has 0 radical (unpaired) electrons. The number of hydrogen-bond donors (Lipinski definition) is 0. The van der Waals surface area contributed by atoms with Gasteiger partial charge in [-0.15, -0.1) is 0 Å². The van der Waals surface area contributed by atoms with Crippen LogP contribution in [0.1, 0.15) is 70.4 Å². The van der Waals surface area contributed by atoms with Gasteiger partial charge < -0.3 is 14.4 Å². The van der Waals surface area contributed by atoms with E-state index in [0.717, 1.165) is 25.1 Å². The smallest absolute Gasteiger partial charge is 0.410 e. The minimum Gasteiger partial charge on any atom is -0.494 e. The number of fused-ring (bicyclic) bond motifs is 1. The lowest BCUT2D eigenvalue weighted by molar-refractivity contribution is -0.0210. The molecule has 1 aliphatic carbocycles. The largest absolute Gasteiger partial charge is 0.494 e. The highest BCUT2D eigenvalue weighted by Crippen LogP contribution is 2.39. The standard InChI is InChI=1S/C24H37NO3/c1-17-10-11-21(14-18(17)2)27-13-12-19-15-20-8-6-7-9-22(20)25(16-19)23(26)28-24(3,4)5/h10-11,14,19-20,22H,6-9,12-13,15-16H2,1-5H3. The molecule has 3 rings (SSSR count). The van der Waals surface area contributed by atoms with Crippen molar-refractivity contribution in [1.82, 2.24) is 4.90 Å². The summed E-state index contributed by atoms with van der Waals surface area (Å²) in [6.07, 6.45) is 6.92. The average molecular weight is 388 g/mol. The molecule has 0 N–H and O–H groups in total. The number of ether oxygens (including phenoxy) is 2. The Hall–Kier alpha value is -1.71. The van der Waals surface area contributed by atoms with Gasteiger partial charge in [0.1, 0.15) is 11.4 Å². The second-order valence-electron chi connectivity index (χ2n) is 9.73. The van der Waals surface area contributed by atoms with Gasteiger partial charge in [0.25, 0.3) is 0 Å². The molecule has 3 unspecified atom stereocenters. The van der Waals surface area contributed by atoms with E-state index >= 15 is 0 Å². The fourth-order valence-electron chi connectivity index (χ4n) is 4.68. The van der Waals surface area contributed by atoms with E-state index in [1.807, 2.05) is 31.7 Å². The molecule has 1 saturated carbocycles. The number of aryl methyl sites for hydroxylation is 2. The molecule has 2 aliphatic rings. The molecule has 1 heterocycles. The van der Waals surface area contributed by atoms with Gasteiger partial charge in [-0.2, -0.15) is 0 Å². The molecule has 1 aromatic carbocycles. The molecule has 1 saturated heterocycles. The number of carbonyl (C=O) groups is 1. The lowest BCUT2D eigenvalue weighted by Gasteiger charge is -2.47. The number of nitrogens with zero attached hydrogens (tertiary/aromatic N) is 1. The Bertz CT molecular complexity index is 679. The van der Waals surface area contributed by atoms with Crippen molar-refractivity contribution in [3.8, 4) is 5.75 Å². The molecule has 1 amide bonds. The van der Waals surface area contributed by atoms with E-state index in [1.54, 1.807) is 0 Å². The first-order chi connectivity index (χ1) is 13.2. The summed E-state index contributed by atoms with van der Waals surface area (Å²) in [6, 6.07) is 6.64. The van der Waals surface area contributed by atoms with Gasteiger partial charge in [0.15, 0.2) is 0 Å². The second kappa shape index (κ2) is 8.75. The van der Waals surface area contributed by atoms with Crippen LogP contribution in [-0.4, -0.2) is 35.8 Å². The molecule has 156 valence electrons. The first-order valence-electron chi connectivity index (χ1n) is 10.9. The maximum Gasteiger partial charge on any atom is 0.410 e. The normalized spacial score (nSPS) is 25.2. The van der Waals surface area contributed by atoms with Gasteiger partial charge >= 0.3 is 6.09 Å². The van der Waals surface area contributed by atoms with Crippen molar-refractivity contribution in [1.29, 1.82) is 0 Å². The van der Waals surface area contributed by atoms with Gasteiger partial charge in [0.2, 0.25) is 0 Å². The monoisotopic (exact) mass is 387 g/mol. The van der Waals surface area contributed by atoms with Crippen LogP contribution >= 0.6 is 0 Å². The van der Waals surface area contributed by atoms with Crippen LogP contribution in [0, 0.1) is 25.7 Å². The van der Waals surface area contributed by atoms with Crippen molar-refractivity contribution in [2.24, 2.45) is 11.8 Å². The van der Waals surface area contributed by atoms with Crippen LogP contribution in [0.25, 0.3) is 0 Å². The Morgan fingerprint density at radius 1 is 1.14 bits per heavy atom. The van der Waals surface area contributed by atoms with Crippen molar-refractivity contribution < 1.29 is 14.3 Å². The minimum absolute atomic E-state index is 0.135. The van der Waals surface area contributed by atoms with Crippen LogP contribution in [-0.2, 0) is 4.74 Å². The van der Waals surface area contributed by atoms with Crippen molar-refractivity contribution >= 4 is 6.09 Å². The molecule has 2 fully saturated rings. The number of benzene rings is 1. The zero-order chi connectivity index (χ0) is 20.3. The molecule has 3 atom stereocenters. The number of carbonyl (C=O) groups excluding carboxylic acids is 1. The van der Waals surface area contributed by atoms with Gasteiger partial charge in [-0.3, -0.25) is 0 Å². The topological polar surface area (TPSA) is 38.8 Å². The van der Waals surface area contributed by atoms with Gasteiger partial charge in [0.05, 0.1) is 6.61 Å². The fraction of sp³-hybridized carbons (Fsp3) is 0.708. The summed E-state index contributed by atoms with van der Waals surface area (Å²) in [4.78, 5) is 14.9. The quantitative estimate of drug-likeness (QED) is 0.647. The van der Waals surface area contributed by atoms with E-state index in [-0.39, 0.29) is 6.09 Å². The Morgan fingerprint density at radius 3 is 2.61 bits per heavy atom. The van der Waals surface area contributed by atoms with Crippen molar-refractivity contribution in [3.05, 3.63) is 29.3 Å². The van der Waals surface area contributed by atoms with Gasteiger partial charge in [-0.05, 0) is 95.4 Å². The Balaban J connectivity index is 1.59. The summed E-state index contributed by atoms with van der Waals surface area (Å²) < 4.78 is 11.8. The fourth-order valence-corrected chi connectivity index (χ4v) is 4.68. The molecule has 1 aliphatic heterocycles. The average Bonchev–Trinajstić information content (AvgIpc) is 2.62. The van der Waals surface area contributed by atoms with Crippen LogP contribution in [0.4, 0.5) is 4.79 Å². The summed E-state index contributed by atoms with van der Waals surface area (Å²) in [5, 5.41) is 0. The maximum absolute atomic E-state index is 12.9. The summed E-state index contributed by atoms with van der Waals surface area (Å²) in [5.41, 5.74) is 2.10. The van der Waals surface area contributed by atoms with Crippen LogP contribution in [0.3, 0.4) is 0 Å². The molecular weight excluding hydrogens is 350 g/mol. The number of piperidine rings is 1. The Kier molecular flexibility index (Phi) is 6.57. The highest BCUT2D eigenvalue weighted by atomic mass is 16.6. The van der Waals surface area contributed by atoms with Gasteiger partial charge in [0, 0.05) is 12.6 Å². The minimum atomic E-state index is -0.444. The Morgan fingerprint density at radius 2 is 1.89 bits per heavy atom. The van der Waals surface area contributed by atoms with Crippen LogP contribution in [0.2, 0.25) is 0 Å². The van der Waals surface area contributed by atoms with Crippen molar-refractivity contribution in [3.63, 3.8) is 0 Å². The predicted molar refractivity (Wildman–Crippen MR) is 113 cm³/mol. The number of likely N-dealkylation sites (tertiary alicyclic amines) is 1. The van der Waals surface area contributed by atoms with E-state index in [9.17, 15) is 4.79 Å². The van der Waals surface area contributed by atoms with E-state index in [4.69, 9.17) is 9.47 Å². The van der Waals surface area contributed by atoms with Crippen molar-refractivity contribution in [2.45, 2.75) is 84.8 Å². The second-order valence-corrected chi connectivity index (χ2v) is 9.73. The van der Waals surface area contributed by atoms with Gasteiger partial charge in [-0.1, -0.05) is 18.9 Å². The van der Waals surface area contributed by atoms with Crippen LogP contribution < -0.4 is 4.74 Å². The SMILES string of the molecule is Cc1ccc(OCCC2CC3CCCCC3N(C(=O)OC(C)(C)C)C2)cc1C. The summed E-state index contributed by atoms with van der Waals surface area (Å²) in [7, 11) is 0. The lowest BCUT2D eigenvalue weighted by Crippen LogP contribution is -2.53. The first kappa shape index (κ1) is 21.0. The zero-order valence-electron chi connectivity index (χ0n) is 18.3. The summed E-state index contributed by atoms with van der Waals surface area (Å²) in [5.74, 6) is 2.04. The highest BCUT2D eigenvalue weighted by Gasteiger charge is 2.41. The first-order valence-corrected chi connectivity index (χ1v) is 10.9. The van der Waals surface area contributed by atoms with Crippen molar-refractivity contribution in [2.75, 3.05) is 13.2 Å². The van der Waals surface area contributed by atoms with E-state index < -0.39 is 5.60 Å². The predicted octanol–water partition coefficient (Wildman–Crippen LogP) is 5.89. The van der Waals surface area contributed by atoms with E-state index in [2.05, 4.69) is 26.0 Å². The molecule has 28 heavy (non-hydrogen) atoms. The van der Waals surface area contributed by atoms with E-state index in [0.29, 0.717) is 24.5 Å². The lowest BCUT2D eigenvalue weighted by atomic mass is 9.74. The third-order valence-corrected chi connectivity index (χ3v) is 6.26. The van der Waals surface area contributed by atoms with Gasteiger partial charge in [-0.25, -0.2) is 4.79 Å². The number of amides is 1. The third-order valence-electron chi connectivity index (χ3n) is 6.26. The molecule has 0 aromatic heterocycles. The summed E-state index contributed by atoms with van der Waals surface area (Å²) in [6.45, 7) is 11.6. The van der Waals surface area contributed by atoms with E-state index in [1.165, 1.54) is 36.8 Å². The highest BCUT2D eigenvalue weighted by molar-refractivity contribution is 5.68. The molecular formula is C24H37NO3. The van der Waals surface area contributed by atoms with Crippen LogP contribution in [0.5, 0.6) is 5.75 Å². The molecule has 4 nitrogen and oxygen atoms in total. The zero-order valence-corrected chi connectivity index (χ0v) is 18.3. The number of hydrogen-bond acceptors (Lipinski definition) is 3. The third kappa shape index (κ3) is 5.42. The maximum atomic E-state index is 12.9.